The Bertz CT molecular complexity index is 1200. The maximum absolute atomic E-state index is 14.6. The SMILES string of the molecule is CC(C)(F)F.CC(C)c1noc(N2CCC(COc3ccc(-c4cc(F)c(SNCCO)cc4F)cc3)CC2)n1.CO. The lowest BCUT2D eigenvalue weighted by Gasteiger charge is -2.30. The number of aromatic nitrogens is 2. The number of nitrogens with zero attached hydrogens (tertiary/aromatic N) is 3. The lowest BCUT2D eigenvalue weighted by molar-refractivity contribution is 0.0437. The normalized spacial score (nSPS) is 13.8. The molecule has 0 radical (unpaired) electrons. The van der Waals surface area contributed by atoms with Crippen molar-refractivity contribution < 1.29 is 37.0 Å². The quantitative estimate of drug-likeness (QED) is 0.138. The molecule has 0 unspecified atom stereocenters. The zero-order valence-electron chi connectivity index (χ0n) is 24.5. The average Bonchev–Trinajstić information content (AvgIpc) is 3.46. The van der Waals surface area contributed by atoms with Crippen molar-refractivity contribution in [2.75, 3.05) is 44.9 Å². The molecule has 4 rings (SSSR count). The van der Waals surface area contributed by atoms with E-state index in [1.54, 1.807) is 24.3 Å². The van der Waals surface area contributed by atoms with Crippen LogP contribution in [0.3, 0.4) is 0 Å². The molecule has 2 aromatic carbocycles. The fraction of sp³-hybridized carbons (Fsp3) is 0.517. The van der Waals surface area contributed by atoms with Crippen molar-refractivity contribution in [3.8, 4) is 16.9 Å². The summed E-state index contributed by atoms with van der Waals surface area (Å²) in [6.45, 7) is 8.24. The number of alkyl halides is 2. The number of nitrogens with one attached hydrogen (secondary N) is 1. The van der Waals surface area contributed by atoms with Gasteiger partial charge < -0.3 is 24.4 Å². The minimum absolute atomic E-state index is 0.0812. The van der Waals surface area contributed by atoms with Crippen LogP contribution in [0.1, 0.15) is 52.3 Å². The monoisotopic (exact) mass is 616 g/mol. The summed E-state index contributed by atoms with van der Waals surface area (Å²) in [4.78, 5) is 6.73. The molecule has 234 valence electrons. The molecule has 0 amide bonds. The highest BCUT2D eigenvalue weighted by molar-refractivity contribution is 7.97. The second kappa shape index (κ2) is 17.3. The number of hydrogen-bond acceptors (Lipinski definition) is 9. The van der Waals surface area contributed by atoms with E-state index in [-0.39, 0.29) is 29.5 Å². The van der Waals surface area contributed by atoms with Crippen LogP contribution in [0, 0.1) is 17.6 Å². The maximum Gasteiger partial charge on any atom is 0.324 e. The number of benzene rings is 2. The van der Waals surface area contributed by atoms with Crippen LogP contribution in [0.2, 0.25) is 0 Å². The summed E-state index contributed by atoms with van der Waals surface area (Å²) < 4.78 is 65.2. The highest BCUT2D eigenvalue weighted by Crippen LogP contribution is 2.31. The molecule has 42 heavy (non-hydrogen) atoms. The zero-order chi connectivity index (χ0) is 31.3. The van der Waals surface area contributed by atoms with Crippen LogP contribution in [0.4, 0.5) is 23.6 Å². The summed E-state index contributed by atoms with van der Waals surface area (Å²) in [5.74, 6) is -1.48. The van der Waals surface area contributed by atoms with Gasteiger partial charge in [0.2, 0.25) is 5.92 Å². The molecule has 2 heterocycles. The molecular formula is C29H40F4N4O4S. The van der Waals surface area contributed by atoms with Gasteiger partial charge in [0.15, 0.2) is 5.82 Å². The van der Waals surface area contributed by atoms with Gasteiger partial charge in [0.1, 0.15) is 17.4 Å². The van der Waals surface area contributed by atoms with E-state index in [2.05, 4.69) is 19.8 Å². The van der Waals surface area contributed by atoms with E-state index in [0.717, 1.165) is 70.7 Å². The summed E-state index contributed by atoms with van der Waals surface area (Å²) in [5, 5.41) is 19.8. The average molecular weight is 617 g/mol. The number of anilines is 1. The molecule has 1 aliphatic heterocycles. The van der Waals surface area contributed by atoms with Crippen LogP contribution in [0.25, 0.3) is 11.1 Å². The Kier molecular flexibility index (Phi) is 14.5. The summed E-state index contributed by atoms with van der Waals surface area (Å²) in [6, 6.07) is 9.95. The van der Waals surface area contributed by atoms with Crippen LogP contribution < -0.4 is 14.4 Å². The van der Waals surface area contributed by atoms with Crippen molar-refractivity contribution in [2.45, 2.75) is 57.3 Å². The Morgan fingerprint density at radius 1 is 1.10 bits per heavy atom. The molecule has 1 saturated heterocycles. The molecule has 1 aliphatic rings. The van der Waals surface area contributed by atoms with Crippen molar-refractivity contribution in [3.63, 3.8) is 0 Å². The van der Waals surface area contributed by atoms with Crippen LogP contribution in [0.15, 0.2) is 45.8 Å². The molecule has 0 spiro atoms. The Balaban J connectivity index is 0.000000797. The van der Waals surface area contributed by atoms with Gasteiger partial charge >= 0.3 is 6.01 Å². The number of rotatable bonds is 10. The molecule has 0 saturated carbocycles. The minimum atomic E-state index is -2.50. The summed E-state index contributed by atoms with van der Waals surface area (Å²) in [5.41, 5.74) is 0.761. The van der Waals surface area contributed by atoms with E-state index in [1.165, 1.54) is 6.07 Å². The lowest BCUT2D eigenvalue weighted by atomic mass is 9.98. The van der Waals surface area contributed by atoms with E-state index in [4.69, 9.17) is 19.5 Å². The number of aliphatic hydroxyl groups is 2. The van der Waals surface area contributed by atoms with Crippen molar-refractivity contribution in [1.29, 1.82) is 0 Å². The van der Waals surface area contributed by atoms with Crippen molar-refractivity contribution in [2.24, 2.45) is 5.92 Å². The highest BCUT2D eigenvalue weighted by atomic mass is 32.2. The van der Waals surface area contributed by atoms with Crippen molar-refractivity contribution >= 4 is 18.0 Å². The molecule has 3 aromatic rings. The largest absolute Gasteiger partial charge is 0.493 e. The summed E-state index contributed by atoms with van der Waals surface area (Å²) in [7, 11) is 1.00. The van der Waals surface area contributed by atoms with E-state index < -0.39 is 17.6 Å². The third-order valence-electron chi connectivity index (χ3n) is 5.90. The van der Waals surface area contributed by atoms with E-state index >= 15 is 0 Å². The Labute approximate surface area is 248 Å². The first-order valence-corrected chi connectivity index (χ1v) is 14.4. The maximum atomic E-state index is 14.6. The van der Waals surface area contributed by atoms with Crippen LogP contribution in [-0.2, 0) is 0 Å². The predicted molar refractivity (Wildman–Crippen MR) is 156 cm³/mol. The number of piperidine rings is 1. The second-order valence-corrected chi connectivity index (χ2v) is 11.1. The third-order valence-corrected chi connectivity index (χ3v) is 6.78. The van der Waals surface area contributed by atoms with Crippen LogP contribution >= 0.6 is 11.9 Å². The van der Waals surface area contributed by atoms with Gasteiger partial charge in [0.25, 0.3) is 0 Å². The first-order valence-electron chi connectivity index (χ1n) is 13.6. The van der Waals surface area contributed by atoms with Gasteiger partial charge in [-0.25, -0.2) is 17.6 Å². The number of aliphatic hydroxyl groups excluding tert-OH is 2. The molecule has 8 nitrogen and oxygen atoms in total. The molecule has 0 atom stereocenters. The zero-order valence-corrected chi connectivity index (χ0v) is 25.4. The van der Waals surface area contributed by atoms with Crippen molar-refractivity contribution in [1.82, 2.24) is 14.9 Å². The second-order valence-electron chi connectivity index (χ2n) is 10.2. The molecule has 1 fully saturated rings. The standard InChI is InChI=1S/C25H30F2N4O3S.C3H6F2.CH4O/c1-16(2)24-29-25(34-30-24)31-10-7-17(8-11-31)15-33-19-5-3-18(4-6-19)20-13-22(27)23(14-21(20)26)35-28-9-12-32;1-3(2,4)5;1-2/h3-6,13-14,16-17,28,32H,7-12,15H2,1-2H3;1-2H3;2H,1H3. The summed E-state index contributed by atoms with van der Waals surface area (Å²) in [6.07, 6.45) is 1.92. The Morgan fingerprint density at radius 3 is 2.26 bits per heavy atom. The predicted octanol–water partition coefficient (Wildman–Crippen LogP) is 6.29. The van der Waals surface area contributed by atoms with Crippen LogP contribution in [-0.4, -0.2) is 66.2 Å². The topological polar surface area (TPSA) is 104 Å². The Morgan fingerprint density at radius 2 is 1.71 bits per heavy atom. The van der Waals surface area contributed by atoms with Gasteiger partial charge in [0, 0.05) is 38.2 Å². The first-order chi connectivity index (χ1) is 19.9. The fourth-order valence-corrected chi connectivity index (χ4v) is 4.50. The summed E-state index contributed by atoms with van der Waals surface area (Å²) >= 11 is 0.953. The van der Waals surface area contributed by atoms with Gasteiger partial charge in [-0.15, -0.1) is 0 Å². The van der Waals surface area contributed by atoms with Gasteiger partial charge in [0.05, 0.1) is 18.1 Å². The molecular weight excluding hydrogens is 576 g/mol. The molecule has 1 aromatic heterocycles. The van der Waals surface area contributed by atoms with Gasteiger partial charge in [-0.1, -0.05) is 31.1 Å². The minimum Gasteiger partial charge on any atom is -0.493 e. The van der Waals surface area contributed by atoms with E-state index in [9.17, 15) is 17.6 Å². The lowest BCUT2D eigenvalue weighted by Crippen LogP contribution is -2.35. The molecule has 0 bridgehead atoms. The number of halogens is 4. The van der Waals surface area contributed by atoms with E-state index in [0.29, 0.717) is 29.9 Å². The molecule has 3 N–H and O–H groups in total. The smallest absolute Gasteiger partial charge is 0.324 e. The number of ether oxygens (including phenoxy) is 1. The fourth-order valence-electron chi connectivity index (χ4n) is 3.83. The van der Waals surface area contributed by atoms with Gasteiger partial charge in [-0.05, 0) is 74.4 Å². The van der Waals surface area contributed by atoms with Gasteiger partial charge in [-0.3, -0.25) is 4.72 Å². The first kappa shape index (κ1) is 35.3. The highest BCUT2D eigenvalue weighted by Gasteiger charge is 2.24. The van der Waals surface area contributed by atoms with Crippen LogP contribution in [0.5, 0.6) is 5.75 Å². The molecule has 0 aliphatic carbocycles. The Hall–Kier alpha value is -2.87. The molecule has 13 heteroatoms. The number of hydrogen-bond donors (Lipinski definition) is 3. The third kappa shape index (κ3) is 11.8. The van der Waals surface area contributed by atoms with Gasteiger partial charge in [-0.2, -0.15) is 4.98 Å². The van der Waals surface area contributed by atoms with Crippen molar-refractivity contribution in [3.05, 3.63) is 53.9 Å². The van der Waals surface area contributed by atoms with E-state index in [1.807, 2.05) is 13.8 Å².